The first-order valence-electron chi connectivity index (χ1n) is 13.8. The number of Topliss-reactive ketones (excluding diaryl/α,β-unsaturated/α-hetero) is 1. The summed E-state index contributed by atoms with van der Waals surface area (Å²) in [6, 6.07) is 15.6. The molecule has 1 heterocycles. The molecule has 4 atom stereocenters. The monoisotopic (exact) mass is 491 g/mol. The van der Waals surface area contributed by atoms with Crippen LogP contribution in [0.3, 0.4) is 0 Å². The first-order valence-corrected chi connectivity index (χ1v) is 13.8. The van der Waals surface area contributed by atoms with Crippen molar-refractivity contribution in [2.24, 2.45) is 16.7 Å². The Hall–Kier alpha value is -2.33. The van der Waals surface area contributed by atoms with Crippen LogP contribution in [0, 0.1) is 16.7 Å². The lowest BCUT2D eigenvalue weighted by Gasteiger charge is -2.58. The molecule has 196 valence electrons. The summed E-state index contributed by atoms with van der Waals surface area (Å²) in [5, 5.41) is 0. The van der Waals surface area contributed by atoms with Crippen molar-refractivity contribution in [1.82, 2.24) is 4.90 Å². The zero-order valence-electron chi connectivity index (χ0n) is 23.6. The molecule has 0 aromatic heterocycles. The van der Waals surface area contributed by atoms with Crippen molar-refractivity contribution in [2.75, 3.05) is 13.2 Å². The van der Waals surface area contributed by atoms with E-state index in [1.165, 1.54) is 5.56 Å². The number of hydrogen-bond acceptors (Lipinski definition) is 4. The first kappa shape index (κ1) is 26.7. The lowest BCUT2D eigenvalue weighted by molar-refractivity contribution is -0.0875. The van der Waals surface area contributed by atoms with E-state index in [0.29, 0.717) is 24.4 Å². The zero-order valence-corrected chi connectivity index (χ0v) is 23.6. The molecule has 36 heavy (non-hydrogen) atoms. The predicted molar refractivity (Wildman–Crippen MR) is 147 cm³/mol. The van der Waals surface area contributed by atoms with Crippen LogP contribution >= 0.6 is 0 Å². The number of rotatable bonds is 8. The number of benzene rings is 2. The molecular weight excluding hydrogens is 446 g/mol. The quantitative estimate of drug-likeness (QED) is 0.383. The summed E-state index contributed by atoms with van der Waals surface area (Å²) in [5.41, 5.74) is 3.43. The molecule has 1 fully saturated rings. The van der Waals surface area contributed by atoms with Crippen LogP contribution in [0.25, 0.3) is 0 Å². The van der Waals surface area contributed by atoms with Crippen molar-refractivity contribution in [3.05, 3.63) is 59.2 Å². The van der Waals surface area contributed by atoms with Crippen LogP contribution in [0.5, 0.6) is 11.5 Å². The fraction of sp³-hybridized carbons (Fsp3) is 0.594. The van der Waals surface area contributed by atoms with Gasteiger partial charge in [-0.15, -0.1) is 0 Å². The molecule has 4 unspecified atom stereocenters. The van der Waals surface area contributed by atoms with Gasteiger partial charge in [-0.1, -0.05) is 51.1 Å². The molecule has 0 amide bonds. The van der Waals surface area contributed by atoms with Gasteiger partial charge in [0.1, 0.15) is 0 Å². The highest BCUT2D eigenvalue weighted by atomic mass is 16.5. The Bertz CT molecular complexity index is 1080. The summed E-state index contributed by atoms with van der Waals surface area (Å²) in [6.45, 7) is 19.6. The van der Waals surface area contributed by atoms with Gasteiger partial charge in [0.15, 0.2) is 17.3 Å². The van der Waals surface area contributed by atoms with Gasteiger partial charge in [-0.3, -0.25) is 9.69 Å². The Labute approximate surface area is 218 Å². The molecule has 0 saturated carbocycles. The summed E-state index contributed by atoms with van der Waals surface area (Å²) in [6.07, 6.45) is 2.82. The van der Waals surface area contributed by atoms with E-state index in [2.05, 4.69) is 75.9 Å². The van der Waals surface area contributed by atoms with Crippen molar-refractivity contribution in [2.45, 2.75) is 92.8 Å². The van der Waals surface area contributed by atoms with Crippen molar-refractivity contribution >= 4 is 5.78 Å². The van der Waals surface area contributed by atoms with Gasteiger partial charge in [-0.25, -0.2) is 0 Å². The van der Waals surface area contributed by atoms with Gasteiger partial charge >= 0.3 is 0 Å². The summed E-state index contributed by atoms with van der Waals surface area (Å²) < 4.78 is 11.9. The second-order valence-corrected chi connectivity index (χ2v) is 12.1. The Morgan fingerprint density at radius 1 is 1.06 bits per heavy atom. The lowest BCUT2D eigenvalue weighted by Crippen LogP contribution is -2.58. The van der Waals surface area contributed by atoms with Gasteiger partial charge in [-0.2, -0.15) is 0 Å². The Morgan fingerprint density at radius 3 is 2.39 bits per heavy atom. The Balaban J connectivity index is 1.54. The second kappa shape index (κ2) is 10.2. The average Bonchev–Trinajstić information content (AvgIpc) is 3.12. The number of nitrogens with zero attached hydrogens (tertiary/aromatic N) is 1. The molecular formula is C32H45NO3. The summed E-state index contributed by atoms with van der Waals surface area (Å²) in [7, 11) is 0. The van der Waals surface area contributed by atoms with E-state index in [9.17, 15) is 4.79 Å². The molecule has 1 aliphatic heterocycles. The maximum absolute atomic E-state index is 13.7. The van der Waals surface area contributed by atoms with Crippen LogP contribution < -0.4 is 9.47 Å². The minimum atomic E-state index is 0.0124. The molecule has 0 bridgehead atoms. The number of carbonyl (C=O) groups excluding carboxylic acids is 1. The van der Waals surface area contributed by atoms with Gasteiger partial charge < -0.3 is 9.47 Å². The van der Waals surface area contributed by atoms with Crippen molar-refractivity contribution in [3.63, 3.8) is 0 Å². The third-order valence-electron chi connectivity index (χ3n) is 9.43. The highest BCUT2D eigenvalue weighted by molar-refractivity contribution is 6.03. The van der Waals surface area contributed by atoms with Crippen molar-refractivity contribution in [1.29, 1.82) is 0 Å². The normalized spacial score (nSPS) is 26.6. The largest absolute Gasteiger partial charge is 0.490 e. The van der Waals surface area contributed by atoms with Crippen LogP contribution in [0.15, 0.2) is 42.5 Å². The van der Waals surface area contributed by atoms with E-state index in [-0.39, 0.29) is 28.6 Å². The van der Waals surface area contributed by atoms with E-state index in [4.69, 9.17) is 9.47 Å². The summed E-state index contributed by atoms with van der Waals surface area (Å²) in [5.74, 6) is 1.72. The van der Waals surface area contributed by atoms with Crippen LogP contribution in [0.2, 0.25) is 0 Å². The van der Waals surface area contributed by atoms with Crippen LogP contribution in [-0.2, 0) is 6.42 Å². The Morgan fingerprint density at radius 2 is 1.75 bits per heavy atom. The molecule has 4 nitrogen and oxygen atoms in total. The lowest BCUT2D eigenvalue weighted by atomic mass is 9.55. The maximum Gasteiger partial charge on any atom is 0.166 e. The van der Waals surface area contributed by atoms with Gasteiger partial charge in [0, 0.05) is 23.6 Å². The number of carbonyl (C=O) groups is 1. The third kappa shape index (κ3) is 4.81. The average molecular weight is 492 g/mol. The van der Waals surface area contributed by atoms with E-state index < -0.39 is 0 Å². The summed E-state index contributed by atoms with van der Waals surface area (Å²) >= 11 is 0. The van der Waals surface area contributed by atoms with E-state index in [1.54, 1.807) is 0 Å². The molecule has 2 aromatic rings. The molecule has 0 radical (unpaired) electrons. The molecule has 4 rings (SSSR count). The van der Waals surface area contributed by atoms with Gasteiger partial charge in [0.05, 0.1) is 12.7 Å². The van der Waals surface area contributed by atoms with Crippen molar-refractivity contribution < 1.29 is 14.3 Å². The topological polar surface area (TPSA) is 38.8 Å². The van der Waals surface area contributed by atoms with Crippen LogP contribution in [-0.4, -0.2) is 36.0 Å². The predicted octanol–water partition coefficient (Wildman–Crippen LogP) is 7.51. The van der Waals surface area contributed by atoms with Gasteiger partial charge in [0.2, 0.25) is 0 Å². The fourth-order valence-electron chi connectivity index (χ4n) is 6.53. The van der Waals surface area contributed by atoms with Gasteiger partial charge in [-0.05, 0) is 94.5 Å². The fourth-order valence-corrected chi connectivity index (χ4v) is 6.53. The van der Waals surface area contributed by atoms with Crippen molar-refractivity contribution in [3.8, 4) is 11.5 Å². The van der Waals surface area contributed by atoms with E-state index in [1.807, 2.05) is 26.8 Å². The molecule has 0 spiro atoms. The summed E-state index contributed by atoms with van der Waals surface area (Å²) in [4.78, 5) is 16.3. The molecule has 0 N–H and O–H groups in total. The highest BCUT2D eigenvalue weighted by Crippen LogP contribution is 2.55. The zero-order chi connectivity index (χ0) is 26.3. The van der Waals surface area contributed by atoms with Crippen LogP contribution in [0.1, 0.15) is 95.8 Å². The smallest absolute Gasteiger partial charge is 0.166 e. The van der Waals surface area contributed by atoms with E-state index in [0.717, 1.165) is 42.7 Å². The maximum atomic E-state index is 13.7. The highest BCUT2D eigenvalue weighted by Gasteiger charge is 2.52. The molecule has 2 aliphatic rings. The molecule has 2 aromatic carbocycles. The Kier molecular flexibility index (Phi) is 7.57. The SMILES string of the molecule is CCOc1cc2c(cc1OC(C)C)C(=O)C(CC1(C)CCN(C(C)c3ccccc3)C(C)C1(C)C)C2. The molecule has 1 saturated heterocycles. The third-order valence-corrected chi connectivity index (χ3v) is 9.43. The number of likely N-dealkylation sites (tertiary alicyclic amines) is 1. The molecule has 4 heteroatoms. The first-order chi connectivity index (χ1) is 17.0. The van der Waals surface area contributed by atoms with Gasteiger partial charge in [0.25, 0.3) is 0 Å². The minimum absolute atomic E-state index is 0.0124. The second-order valence-electron chi connectivity index (χ2n) is 12.1. The van der Waals surface area contributed by atoms with Crippen LogP contribution in [0.4, 0.5) is 0 Å². The molecule has 1 aliphatic carbocycles. The minimum Gasteiger partial charge on any atom is -0.490 e. The number of hydrogen-bond donors (Lipinski definition) is 0. The number of piperidine rings is 1. The number of ketones is 1. The number of ether oxygens (including phenoxy) is 2. The van der Waals surface area contributed by atoms with E-state index >= 15 is 0 Å². The number of fused-ring (bicyclic) bond motifs is 1. The standard InChI is InChI=1S/C32H45NO3/c1-9-35-28-18-25-17-26(30(34)27(25)19-29(28)36-21(2)3)20-32(8)15-16-33(23(5)31(32,6)7)22(4)24-13-11-10-12-14-24/h10-14,18-19,21-23,26H,9,15-17,20H2,1-8H3.